The molecule has 0 bridgehead atoms. The summed E-state index contributed by atoms with van der Waals surface area (Å²) in [4.78, 5) is 29.5. The summed E-state index contributed by atoms with van der Waals surface area (Å²) >= 11 is 6.27. The van der Waals surface area contributed by atoms with Gasteiger partial charge in [0.15, 0.2) is 11.5 Å². The molecule has 0 aliphatic carbocycles. The number of rotatable bonds is 5. The van der Waals surface area contributed by atoms with Crippen LogP contribution >= 0.6 is 11.6 Å². The van der Waals surface area contributed by atoms with Crippen molar-refractivity contribution in [2.45, 2.75) is 25.3 Å². The molecule has 2 fully saturated rings. The molecule has 0 unspecified atom stereocenters. The van der Waals surface area contributed by atoms with Crippen LogP contribution in [0.1, 0.15) is 30.9 Å². The van der Waals surface area contributed by atoms with Gasteiger partial charge in [-0.3, -0.25) is 9.59 Å². The first kappa shape index (κ1) is 20.5. The Labute approximate surface area is 181 Å². The first-order valence-corrected chi connectivity index (χ1v) is 10.5. The van der Waals surface area contributed by atoms with Gasteiger partial charge in [-0.2, -0.15) is 0 Å². The second-order valence-corrected chi connectivity index (χ2v) is 8.07. The van der Waals surface area contributed by atoms with Crippen LogP contribution in [0.5, 0.6) is 11.5 Å². The van der Waals surface area contributed by atoms with E-state index in [-0.39, 0.29) is 30.2 Å². The maximum atomic E-state index is 13.4. The standard InChI is InChI=1S/C23H25ClN2O4/c1-29-20-10-9-15(12-21(20)30-2)18-8-5-11-25(18)23(28)16-13-22(27)26(14-16)19-7-4-3-6-17(19)24/h3-4,6-7,9-10,12,16,18H,5,8,11,13-14H2,1-2H3/t16-,18+/m1/s1. The number of para-hydroxylation sites is 1. The van der Waals surface area contributed by atoms with E-state index < -0.39 is 0 Å². The van der Waals surface area contributed by atoms with E-state index in [2.05, 4.69) is 0 Å². The van der Waals surface area contributed by atoms with Crippen LogP contribution in [0.4, 0.5) is 5.69 Å². The Morgan fingerprint density at radius 2 is 1.87 bits per heavy atom. The zero-order valence-corrected chi connectivity index (χ0v) is 17.9. The number of ether oxygens (including phenoxy) is 2. The molecular formula is C23H25ClN2O4. The van der Waals surface area contributed by atoms with E-state index >= 15 is 0 Å². The van der Waals surface area contributed by atoms with Crippen molar-refractivity contribution in [3.05, 3.63) is 53.1 Å². The highest BCUT2D eigenvalue weighted by Gasteiger charge is 2.41. The normalized spacial score (nSPS) is 21.2. The fourth-order valence-electron chi connectivity index (χ4n) is 4.45. The quantitative estimate of drug-likeness (QED) is 0.720. The van der Waals surface area contributed by atoms with Crippen molar-refractivity contribution in [3.63, 3.8) is 0 Å². The minimum atomic E-state index is -0.366. The van der Waals surface area contributed by atoms with Crippen LogP contribution in [0, 0.1) is 5.92 Å². The molecule has 4 rings (SSSR count). The van der Waals surface area contributed by atoms with Crippen molar-refractivity contribution in [2.75, 3.05) is 32.2 Å². The number of hydrogen-bond donors (Lipinski definition) is 0. The zero-order chi connectivity index (χ0) is 21.3. The number of likely N-dealkylation sites (tertiary alicyclic amines) is 1. The van der Waals surface area contributed by atoms with Crippen molar-refractivity contribution in [1.29, 1.82) is 0 Å². The number of methoxy groups -OCH3 is 2. The monoisotopic (exact) mass is 428 g/mol. The molecule has 2 atom stereocenters. The summed E-state index contributed by atoms with van der Waals surface area (Å²) in [6.07, 6.45) is 2.02. The van der Waals surface area contributed by atoms with Crippen LogP contribution in [0.3, 0.4) is 0 Å². The lowest BCUT2D eigenvalue weighted by molar-refractivity contribution is -0.136. The Morgan fingerprint density at radius 3 is 2.60 bits per heavy atom. The van der Waals surface area contributed by atoms with E-state index in [1.807, 2.05) is 41.3 Å². The average molecular weight is 429 g/mol. The number of anilines is 1. The molecule has 158 valence electrons. The van der Waals surface area contributed by atoms with E-state index in [4.69, 9.17) is 21.1 Å². The summed E-state index contributed by atoms with van der Waals surface area (Å²) in [5.41, 5.74) is 1.68. The smallest absolute Gasteiger partial charge is 0.228 e. The maximum Gasteiger partial charge on any atom is 0.228 e. The third kappa shape index (κ3) is 3.72. The van der Waals surface area contributed by atoms with Crippen LogP contribution in [-0.4, -0.2) is 44.0 Å². The van der Waals surface area contributed by atoms with Crippen LogP contribution in [0.2, 0.25) is 5.02 Å². The van der Waals surface area contributed by atoms with Gasteiger partial charge in [-0.25, -0.2) is 0 Å². The molecule has 30 heavy (non-hydrogen) atoms. The van der Waals surface area contributed by atoms with E-state index in [1.54, 1.807) is 25.2 Å². The number of amides is 2. The van der Waals surface area contributed by atoms with Gasteiger partial charge in [0.25, 0.3) is 0 Å². The molecule has 7 heteroatoms. The van der Waals surface area contributed by atoms with Gasteiger partial charge in [0.05, 0.1) is 36.9 Å². The number of nitrogens with zero attached hydrogens (tertiary/aromatic N) is 2. The Balaban J connectivity index is 1.53. The van der Waals surface area contributed by atoms with Gasteiger partial charge in [-0.05, 0) is 42.7 Å². The molecule has 0 N–H and O–H groups in total. The number of benzene rings is 2. The molecule has 2 aliphatic rings. The molecule has 2 aliphatic heterocycles. The highest BCUT2D eigenvalue weighted by Crippen LogP contribution is 2.39. The van der Waals surface area contributed by atoms with Crippen LogP contribution in [-0.2, 0) is 9.59 Å². The number of carbonyl (C=O) groups excluding carboxylic acids is 2. The first-order chi connectivity index (χ1) is 14.5. The summed E-state index contributed by atoms with van der Waals surface area (Å²) in [5, 5.41) is 0.517. The van der Waals surface area contributed by atoms with Crippen LogP contribution < -0.4 is 14.4 Å². The molecule has 2 aromatic carbocycles. The van der Waals surface area contributed by atoms with Crippen molar-refractivity contribution in [2.24, 2.45) is 5.92 Å². The van der Waals surface area contributed by atoms with Gasteiger partial charge in [0.2, 0.25) is 11.8 Å². The summed E-state index contributed by atoms with van der Waals surface area (Å²) in [5.74, 6) is 0.900. The highest BCUT2D eigenvalue weighted by molar-refractivity contribution is 6.33. The number of carbonyl (C=O) groups is 2. The SMILES string of the molecule is COc1ccc([C@@H]2CCCN2C(=O)[C@@H]2CC(=O)N(c3ccccc3Cl)C2)cc1OC. The topological polar surface area (TPSA) is 59.1 Å². The van der Waals surface area contributed by atoms with Crippen LogP contribution in [0.25, 0.3) is 0 Å². The second kappa shape index (κ2) is 8.56. The third-order valence-electron chi connectivity index (χ3n) is 5.95. The lowest BCUT2D eigenvalue weighted by Crippen LogP contribution is -2.37. The summed E-state index contributed by atoms with van der Waals surface area (Å²) in [7, 11) is 3.21. The molecule has 2 heterocycles. The lowest BCUT2D eigenvalue weighted by atomic mass is 10.0. The Kier molecular flexibility index (Phi) is 5.86. The molecule has 0 spiro atoms. The van der Waals surface area contributed by atoms with E-state index in [0.717, 1.165) is 18.4 Å². The fraction of sp³-hybridized carbons (Fsp3) is 0.391. The van der Waals surface area contributed by atoms with Gasteiger partial charge < -0.3 is 19.3 Å². The van der Waals surface area contributed by atoms with Gasteiger partial charge in [-0.15, -0.1) is 0 Å². The van der Waals surface area contributed by atoms with Gasteiger partial charge in [0.1, 0.15) is 0 Å². The third-order valence-corrected chi connectivity index (χ3v) is 6.27. The molecule has 0 aromatic heterocycles. The van der Waals surface area contributed by atoms with Gasteiger partial charge in [-0.1, -0.05) is 29.8 Å². The van der Waals surface area contributed by atoms with Crippen molar-refractivity contribution < 1.29 is 19.1 Å². The van der Waals surface area contributed by atoms with Crippen molar-refractivity contribution in [3.8, 4) is 11.5 Å². The summed E-state index contributed by atoms with van der Waals surface area (Å²) in [6.45, 7) is 1.05. The largest absolute Gasteiger partial charge is 0.493 e. The number of hydrogen-bond acceptors (Lipinski definition) is 4. The van der Waals surface area contributed by atoms with Crippen LogP contribution in [0.15, 0.2) is 42.5 Å². The Morgan fingerprint density at radius 1 is 1.10 bits per heavy atom. The van der Waals surface area contributed by atoms with E-state index in [0.29, 0.717) is 35.3 Å². The molecule has 0 saturated carbocycles. The van der Waals surface area contributed by atoms with E-state index in [1.165, 1.54) is 0 Å². The minimum absolute atomic E-state index is 0.0233. The van der Waals surface area contributed by atoms with Gasteiger partial charge in [0, 0.05) is 19.5 Å². The molecular weight excluding hydrogens is 404 g/mol. The number of halogens is 1. The molecule has 2 aromatic rings. The Bertz CT molecular complexity index is 964. The molecule has 6 nitrogen and oxygen atoms in total. The predicted molar refractivity (Wildman–Crippen MR) is 115 cm³/mol. The molecule has 2 saturated heterocycles. The highest BCUT2D eigenvalue weighted by atomic mass is 35.5. The van der Waals surface area contributed by atoms with Crippen molar-refractivity contribution >= 4 is 29.1 Å². The average Bonchev–Trinajstić information content (AvgIpc) is 3.40. The summed E-state index contributed by atoms with van der Waals surface area (Å²) < 4.78 is 10.8. The fourth-order valence-corrected chi connectivity index (χ4v) is 4.69. The molecule has 2 amide bonds. The predicted octanol–water partition coefficient (Wildman–Crippen LogP) is 4.07. The van der Waals surface area contributed by atoms with Gasteiger partial charge >= 0.3 is 0 Å². The first-order valence-electron chi connectivity index (χ1n) is 10.1. The zero-order valence-electron chi connectivity index (χ0n) is 17.1. The summed E-state index contributed by atoms with van der Waals surface area (Å²) in [6, 6.07) is 13.0. The minimum Gasteiger partial charge on any atom is -0.493 e. The van der Waals surface area contributed by atoms with Crippen molar-refractivity contribution in [1.82, 2.24) is 4.90 Å². The Hall–Kier alpha value is -2.73. The molecule has 0 radical (unpaired) electrons. The second-order valence-electron chi connectivity index (χ2n) is 7.66. The maximum absolute atomic E-state index is 13.4. The van der Waals surface area contributed by atoms with E-state index in [9.17, 15) is 9.59 Å². The lowest BCUT2D eigenvalue weighted by Gasteiger charge is -2.28.